The van der Waals surface area contributed by atoms with Crippen LogP contribution in [0.25, 0.3) is 0 Å². The number of halogens is 5. The van der Waals surface area contributed by atoms with E-state index in [9.17, 15) is 26.7 Å². The summed E-state index contributed by atoms with van der Waals surface area (Å²) in [5, 5.41) is 2.64. The molecule has 1 aliphatic rings. The minimum atomic E-state index is -2.22. The summed E-state index contributed by atoms with van der Waals surface area (Å²) in [6.07, 6.45) is 1.79. The lowest BCUT2D eigenvalue weighted by molar-refractivity contribution is -0.122. The van der Waals surface area contributed by atoms with Crippen LogP contribution in [0.15, 0.2) is 0 Å². The standard InChI is InChI=1S/C16H18F5NO/c1-7-4-3-5-10(8(7)2)22-11(23)6-9-12(17)14(19)16(21)15(20)13(9)18/h7-8,10H,3-6H2,1-2H3,(H,22,23)/t7-,8-,10-/m1/s1. The molecule has 0 unspecified atom stereocenters. The largest absolute Gasteiger partial charge is 0.353 e. The Morgan fingerprint density at radius 1 is 0.957 bits per heavy atom. The van der Waals surface area contributed by atoms with E-state index in [1.807, 2.05) is 13.8 Å². The normalized spacial score (nSPS) is 24.6. The fraction of sp³-hybridized carbons (Fsp3) is 0.562. The minimum absolute atomic E-state index is 0.160. The van der Waals surface area contributed by atoms with Crippen LogP contribution in [0.5, 0.6) is 0 Å². The zero-order valence-corrected chi connectivity index (χ0v) is 12.9. The maximum absolute atomic E-state index is 13.6. The van der Waals surface area contributed by atoms with Crippen molar-refractivity contribution in [2.24, 2.45) is 11.8 Å². The number of benzene rings is 1. The Labute approximate surface area is 131 Å². The molecule has 1 aliphatic carbocycles. The van der Waals surface area contributed by atoms with Crippen molar-refractivity contribution in [2.75, 3.05) is 0 Å². The van der Waals surface area contributed by atoms with Crippen molar-refractivity contribution in [3.05, 3.63) is 34.6 Å². The Bertz CT molecular complexity index is 590. The van der Waals surface area contributed by atoms with Gasteiger partial charge in [0.1, 0.15) is 0 Å². The lowest BCUT2D eigenvalue weighted by atomic mass is 9.78. The number of rotatable bonds is 3. The molecule has 1 fully saturated rings. The van der Waals surface area contributed by atoms with Gasteiger partial charge in [-0.2, -0.15) is 0 Å². The van der Waals surface area contributed by atoms with E-state index in [0.717, 1.165) is 19.3 Å². The molecule has 7 heteroatoms. The Hall–Kier alpha value is -1.66. The molecule has 0 radical (unpaired) electrons. The third-order valence-corrected chi connectivity index (χ3v) is 4.69. The smallest absolute Gasteiger partial charge is 0.224 e. The molecule has 128 valence electrons. The van der Waals surface area contributed by atoms with E-state index in [2.05, 4.69) is 5.32 Å². The average molecular weight is 335 g/mol. The molecule has 1 saturated carbocycles. The highest BCUT2D eigenvalue weighted by Gasteiger charge is 2.30. The van der Waals surface area contributed by atoms with Crippen LogP contribution in [0, 0.1) is 40.9 Å². The number of carbonyl (C=O) groups excluding carboxylic acids is 1. The lowest BCUT2D eigenvalue weighted by Gasteiger charge is -2.34. The van der Waals surface area contributed by atoms with Gasteiger partial charge in [-0.1, -0.05) is 26.7 Å². The Balaban J connectivity index is 2.15. The van der Waals surface area contributed by atoms with E-state index in [0.29, 0.717) is 5.92 Å². The zero-order chi connectivity index (χ0) is 17.3. The van der Waals surface area contributed by atoms with Crippen molar-refractivity contribution < 1.29 is 26.7 Å². The van der Waals surface area contributed by atoms with Gasteiger partial charge < -0.3 is 5.32 Å². The Kier molecular flexibility index (Phi) is 5.26. The summed E-state index contributed by atoms with van der Waals surface area (Å²) in [6, 6.07) is -0.160. The summed E-state index contributed by atoms with van der Waals surface area (Å²) in [4.78, 5) is 12.0. The number of hydrogen-bond donors (Lipinski definition) is 1. The van der Waals surface area contributed by atoms with Crippen molar-refractivity contribution in [2.45, 2.75) is 45.6 Å². The SMILES string of the molecule is C[C@@H]1[C@H](C)CCC[C@H]1NC(=O)Cc1c(F)c(F)c(F)c(F)c1F. The van der Waals surface area contributed by atoms with Crippen molar-refractivity contribution >= 4 is 5.91 Å². The molecule has 2 nitrogen and oxygen atoms in total. The Morgan fingerprint density at radius 3 is 2.04 bits per heavy atom. The van der Waals surface area contributed by atoms with Gasteiger partial charge in [-0.25, -0.2) is 22.0 Å². The molecule has 0 bridgehead atoms. The number of amides is 1. The maximum Gasteiger partial charge on any atom is 0.224 e. The van der Waals surface area contributed by atoms with E-state index in [1.54, 1.807) is 0 Å². The molecule has 2 rings (SSSR count). The van der Waals surface area contributed by atoms with Gasteiger partial charge in [0.15, 0.2) is 23.3 Å². The highest BCUT2D eigenvalue weighted by atomic mass is 19.2. The molecule has 0 saturated heterocycles. The average Bonchev–Trinajstić information content (AvgIpc) is 2.52. The molecule has 1 amide bonds. The first-order valence-electron chi connectivity index (χ1n) is 7.53. The topological polar surface area (TPSA) is 29.1 Å². The second kappa shape index (κ2) is 6.84. The van der Waals surface area contributed by atoms with Crippen LogP contribution in [0.3, 0.4) is 0 Å². The summed E-state index contributed by atoms with van der Waals surface area (Å²) < 4.78 is 66.4. The molecule has 3 atom stereocenters. The van der Waals surface area contributed by atoms with Gasteiger partial charge in [0, 0.05) is 11.6 Å². The molecule has 0 aliphatic heterocycles. The second-order valence-corrected chi connectivity index (χ2v) is 6.17. The van der Waals surface area contributed by atoms with Crippen LogP contribution in [-0.4, -0.2) is 11.9 Å². The maximum atomic E-state index is 13.6. The van der Waals surface area contributed by atoms with Gasteiger partial charge in [0.2, 0.25) is 11.7 Å². The van der Waals surface area contributed by atoms with E-state index in [1.165, 1.54) is 0 Å². The third-order valence-electron chi connectivity index (χ3n) is 4.69. The van der Waals surface area contributed by atoms with Crippen molar-refractivity contribution in [1.29, 1.82) is 0 Å². The quantitative estimate of drug-likeness (QED) is 0.507. The van der Waals surface area contributed by atoms with E-state index < -0.39 is 47.0 Å². The number of hydrogen-bond acceptors (Lipinski definition) is 1. The van der Waals surface area contributed by atoms with Crippen molar-refractivity contribution in [3.63, 3.8) is 0 Å². The summed E-state index contributed by atoms with van der Waals surface area (Å²) in [5.74, 6) is -10.4. The molecule has 1 N–H and O–H groups in total. The van der Waals surface area contributed by atoms with Crippen LogP contribution in [0.1, 0.15) is 38.7 Å². The first-order chi connectivity index (χ1) is 10.7. The third kappa shape index (κ3) is 3.48. The fourth-order valence-electron chi connectivity index (χ4n) is 3.01. The molecule has 23 heavy (non-hydrogen) atoms. The van der Waals surface area contributed by atoms with E-state index in [4.69, 9.17) is 0 Å². The van der Waals surface area contributed by atoms with Gasteiger partial charge in [-0.3, -0.25) is 4.79 Å². The van der Waals surface area contributed by atoms with Gasteiger partial charge in [0.05, 0.1) is 6.42 Å². The van der Waals surface area contributed by atoms with Gasteiger partial charge in [-0.05, 0) is 18.3 Å². The first kappa shape index (κ1) is 17.7. The molecule has 0 heterocycles. The number of carbonyl (C=O) groups is 1. The van der Waals surface area contributed by atoms with Crippen molar-refractivity contribution in [1.82, 2.24) is 5.32 Å². The zero-order valence-electron chi connectivity index (χ0n) is 12.9. The molecule has 1 aromatic rings. The summed E-state index contributed by atoms with van der Waals surface area (Å²) in [6.45, 7) is 4.01. The lowest BCUT2D eigenvalue weighted by Crippen LogP contribution is -2.44. The van der Waals surface area contributed by atoms with E-state index in [-0.39, 0.29) is 12.0 Å². The molecule has 0 spiro atoms. The molecule has 1 aromatic carbocycles. The second-order valence-electron chi connectivity index (χ2n) is 6.17. The van der Waals surface area contributed by atoms with E-state index >= 15 is 0 Å². The highest BCUT2D eigenvalue weighted by molar-refractivity contribution is 5.79. The summed E-state index contributed by atoms with van der Waals surface area (Å²) in [5.41, 5.74) is -1.10. The predicted octanol–water partition coefficient (Wildman–Crippen LogP) is 3.87. The van der Waals surface area contributed by atoms with Gasteiger partial charge in [-0.15, -0.1) is 0 Å². The summed E-state index contributed by atoms with van der Waals surface area (Å²) >= 11 is 0. The molecular weight excluding hydrogens is 317 g/mol. The first-order valence-corrected chi connectivity index (χ1v) is 7.53. The Morgan fingerprint density at radius 2 is 1.48 bits per heavy atom. The molecule has 0 aromatic heterocycles. The van der Waals surface area contributed by atoms with Gasteiger partial charge in [0.25, 0.3) is 0 Å². The van der Waals surface area contributed by atoms with Crippen LogP contribution < -0.4 is 5.32 Å². The predicted molar refractivity (Wildman–Crippen MR) is 74.0 cm³/mol. The van der Waals surface area contributed by atoms with Crippen molar-refractivity contribution in [3.8, 4) is 0 Å². The minimum Gasteiger partial charge on any atom is -0.353 e. The van der Waals surface area contributed by atoms with Gasteiger partial charge >= 0.3 is 0 Å². The molecular formula is C16H18F5NO. The van der Waals surface area contributed by atoms with Crippen LogP contribution >= 0.6 is 0 Å². The highest BCUT2D eigenvalue weighted by Crippen LogP contribution is 2.30. The number of nitrogens with one attached hydrogen (secondary N) is 1. The summed E-state index contributed by atoms with van der Waals surface area (Å²) in [7, 11) is 0. The van der Waals surface area contributed by atoms with Crippen LogP contribution in [0.4, 0.5) is 22.0 Å². The monoisotopic (exact) mass is 335 g/mol. The van der Waals surface area contributed by atoms with Crippen LogP contribution in [-0.2, 0) is 11.2 Å². The fourth-order valence-corrected chi connectivity index (χ4v) is 3.01. The van der Waals surface area contributed by atoms with Crippen LogP contribution in [0.2, 0.25) is 0 Å².